The van der Waals surface area contributed by atoms with Crippen LogP contribution >= 0.6 is 0 Å². The first-order valence-corrected chi connectivity index (χ1v) is 6.41. The number of ether oxygens (including phenoxy) is 1. The molecule has 0 spiro atoms. The van der Waals surface area contributed by atoms with E-state index < -0.39 is 6.10 Å². The molecule has 2 rings (SSSR count). The van der Waals surface area contributed by atoms with E-state index in [0.29, 0.717) is 24.3 Å². The van der Waals surface area contributed by atoms with Crippen molar-refractivity contribution in [3.8, 4) is 0 Å². The van der Waals surface area contributed by atoms with Gasteiger partial charge in [0.15, 0.2) is 6.10 Å². The van der Waals surface area contributed by atoms with E-state index in [2.05, 4.69) is 5.32 Å². The van der Waals surface area contributed by atoms with Gasteiger partial charge in [0.25, 0.3) is 11.8 Å². The monoisotopic (exact) mass is 280 g/mol. The van der Waals surface area contributed by atoms with Gasteiger partial charge in [-0.15, -0.1) is 0 Å². The minimum absolute atomic E-state index is 0.203. The predicted molar refractivity (Wildman–Crippen MR) is 70.8 cm³/mol. The Morgan fingerprint density at radius 1 is 1.45 bits per heavy atom. The van der Waals surface area contributed by atoms with E-state index in [4.69, 9.17) is 4.74 Å². The first-order chi connectivity index (χ1) is 9.52. The van der Waals surface area contributed by atoms with Gasteiger partial charge in [0.05, 0.1) is 13.2 Å². The topological polar surface area (TPSA) is 58.6 Å². The van der Waals surface area contributed by atoms with Crippen molar-refractivity contribution in [2.24, 2.45) is 0 Å². The van der Waals surface area contributed by atoms with E-state index in [1.165, 1.54) is 25.2 Å². The van der Waals surface area contributed by atoms with E-state index in [9.17, 15) is 14.0 Å². The Bertz CT molecular complexity index is 533. The summed E-state index contributed by atoms with van der Waals surface area (Å²) in [5.74, 6) is -0.810. The largest absolute Gasteiger partial charge is 0.365 e. The number of nitrogens with one attached hydrogen (secondary N) is 1. The molecule has 20 heavy (non-hydrogen) atoms. The minimum atomic E-state index is -0.653. The number of hydrogen-bond donors (Lipinski definition) is 1. The molecule has 1 aliphatic heterocycles. The summed E-state index contributed by atoms with van der Waals surface area (Å²) in [7, 11) is 1.52. The maximum Gasteiger partial charge on any atom is 0.254 e. The smallest absolute Gasteiger partial charge is 0.254 e. The van der Waals surface area contributed by atoms with Crippen LogP contribution in [0.1, 0.15) is 15.9 Å². The van der Waals surface area contributed by atoms with Crippen LogP contribution in [-0.2, 0) is 9.53 Å². The van der Waals surface area contributed by atoms with Crippen LogP contribution in [0.2, 0.25) is 0 Å². The molecular weight excluding hydrogens is 263 g/mol. The molecule has 1 aliphatic rings. The second-order valence-electron chi connectivity index (χ2n) is 4.69. The van der Waals surface area contributed by atoms with E-state index >= 15 is 0 Å². The Labute approximate surface area is 116 Å². The molecule has 5 nitrogen and oxygen atoms in total. The molecule has 0 saturated carbocycles. The lowest BCUT2D eigenvalue weighted by atomic mass is 10.1. The molecule has 1 heterocycles. The van der Waals surface area contributed by atoms with Gasteiger partial charge in [0, 0.05) is 19.2 Å². The molecule has 1 aromatic carbocycles. The highest BCUT2D eigenvalue weighted by atomic mass is 19.1. The highest BCUT2D eigenvalue weighted by Crippen LogP contribution is 2.14. The lowest BCUT2D eigenvalue weighted by molar-refractivity contribution is -0.136. The summed E-state index contributed by atoms with van der Waals surface area (Å²) in [5, 5.41) is 2.50. The van der Waals surface area contributed by atoms with Crippen molar-refractivity contribution in [3.63, 3.8) is 0 Å². The quantitative estimate of drug-likeness (QED) is 0.868. The maximum atomic E-state index is 13.2. The molecule has 1 saturated heterocycles. The number of morpholine rings is 1. The summed E-state index contributed by atoms with van der Waals surface area (Å²) in [6, 6.07) is 4.25. The number of amides is 2. The molecular formula is C14H17FN2O3. The van der Waals surface area contributed by atoms with Crippen LogP contribution in [0.25, 0.3) is 0 Å². The fraction of sp³-hybridized carbons (Fsp3) is 0.429. The van der Waals surface area contributed by atoms with E-state index in [1.54, 1.807) is 11.8 Å². The molecule has 0 aromatic heterocycles. The summed E-state index contributed by atoms with van der Waals surface area (Å²) in [6.07, 6.45) is -0.653. The van der Waals surface area contributed by atoms with Crippen LogP contribution in [-0.4, -0.2) is 49.6 Å². The number of hydrogen-bond acceptors (Lipinski definition) is 3. The van der Waals surface area contributed by atoms with Gasteiger partial charge in [-0.25, -0.2) is 4.39 Å². The maximum absolute atomic E-state index is 13.2. The Hall–Kier alpha value is -1.95. The number of carbonyl (C=O) groups is 2. The van der Waals surface area contributed by atoms with Crippen molar-refractivity contribution >= 4 is 11.8 Å². The van der Waals surface area contributed by atoms with Gasteiger partial charge < -0.3 is 15.0 Å². The van der Waals surface area contributed by atoms with Gasteiger partial charge in [0.1, 0.15) is 5.82 Å². The number of likely N-dealkylation sites (N-methyl/N-ethyl adjacent to an activating group) is 1. The van der Waals surface area contributed by atoms with Crippen molar-refractivity contribution < 1.29 is 18.7 Å². The number of aryl methyl sites for hydroxylation is 1. The van der Waals surface area contributed by atoms with Crippen molar-refractivity contribution in [3.05, 3.63) is 35.1 Å². The SMILES string of the molecule is CNC(=O)[C@H]1CN(C(=O)c2ccc(F)c(C)c2)CCO1. The number of halogens is 1. The second kappa shape index (κ2) is 6.00. The molecule has 1 N–H and O–H groups in total. The first-order valence-electron chi connectivity index (χ1n) is 6.41. The Morgan fingerprint density at radius 2 is 2.20 bits per heavy atom. The van der Waals surface area contributed by atoms with Crippen molar-refractivity contribution in [2.75, 3.05) is 26.7 Å². The summed E-state index contributed by atoms with van der Waals surface area (Å²) in [5.41, 5.74) is 0.841. The molecule has 1 atom stereocenters. The van der Waals surface area contributed by atoms with Crippen LogP contribution in [0.4, 0.5) is 4.39 Å². The van der Waals surface area contributed by atoms with E-state index in [1.807, 2.05) is 0 Å². The van der Waals surface area contributed by atoms with Gasteiger partial charge in [-0.05, 0) is 30.7 Å². The molecule has 1 aromatic rings. The summed E-state index contributed by atoms with van der Waals surface area (Å²) in [4.78, 5) is 25.4. The first kappa shape index (κ1) is 14.5. The lowest BCUT2D eigenvalue weighted by Crippen LogP contribution is -2.51. The highest BCUT2D eigenvalue weighted by molar-refractivity contribution is 5.95. The van der Waals surface area contributed by atoms with Crippen LogP contribution < -0.4 is 5.32 Å². The molecule has 0 aliphatic carbocycles. The average molecular weight is 280 g/mol. The minimum Gasteiger partial charge on any atom is -0.365 e. The predicted octanol–water partition coefficient (Wildman–Crippen LogP) is 0.721. The molecule has 0 unspecified atom stereocenters. The Morgan fingerprint density at radius 3 is 2.85 bits per heavy atom. The molecule has 108 valence electrons. The van der Waals surface area contributed by atoms with Crippen molar-refractivity contribution in [2.45, 2.75) is 13.0 Å². The zero-order valence-corrected chi connectivity index (χ0v) is 11.5. The van der Waals surface area contributed by atoms with Gasteiger partial charge in [-0.2, -0.15) is 0 Å². The number of carbonyl (C=O) groups excluding carboxylic acids is 2. The third-order valence-corrected chi connectivity index (χ3v) is 3.30. The standard InChI is InChI=1S/C14H17FN2O3/c1-9-7-10(3-4-11(9)15)14(19)17-5-6-20-12(8-17)13(18)16-2/h3-4,7,12H,5-6,8H2,1-2H3,(H,16,18)/t12-/m1/s1. The molecule has 2 amide bonds. The number of nitrogens with zero attached hydrogens (tertiary/aromatic N) is 1. The molecule has 1 fully saturated rings. The van der Waals surface area contributed by atoms with Crippen molar-refractivity contribution in [1.82, 2.24) is 10.2 Å². The fourth-order valence-electron chi connectivity index (χ4n) is 2.11. The zero-order valence-electron chi connectivity index (χ0n) is 11.5. The van der Waals surface area contributed by atoms with Gasteiger partial charge in [-0.1, -0.05) is 0 Å². The second-order valence-corrected chi connectivity index (χ2v) is 4.69. The van der Waals surface area contributed by atoms with Gasteiger partial charge in [-0.3, -0.25) is 9.59 Å². The van der Waals surface area contributed by atoms with Crippen LogP contribution in [0.5, 0.6) is 0 Å². The molecule has 6 heteroatoms. The Kier molecular flexibility index (Phi) is 4.34. The van der Waals surface area contributed by atoms with Crippen molar-refractivity contribution in [1.29, 1.82) is 0 Å². The lowest BCUT2D eigenvalue weighted by Gasteiger charge is -2.32. The van der Waals surface area contributed by atoms with E-state index in [-0.39, 0.29) is 24.2 Å². The fourth-order valence-corrected chi connectivity index (χ4v) is 2.11. The zero-order chi connectivity index (χ0) is 14.7. The Balaban J connectivity index is 2.12. The van der Waals surface area contributed by atoms with Crippen LogP contribution in [0, 0.1) is 12.7 Å². The highest BCUT2D eigenvalue weighted by Gasteiger charge is 2.29. The number of benzene rings is 1. The average Bonchev–Trinajstić information content (AvgIpc) is 2.48. The van der Waals surface area contributed by atoms with Crippen LogP contribution in [0.3, 0.4) is 0 Å². The molecule has 0 bridgehead atoms. The third-order valence-electron chi connectivity index (χ3n) is 3.30. The third kappa shape index (κ3) is 2.96. The van der Waals surface area contributed by atoms with Gasteiger partial charge >= 0.3 is 0 Å². The normalized spacial score (nSPS) is 18.8. The molecule has 0 radical (unpaired) electrons. The number of rotatable bonds is 2. The summed E-state index contributed by atoms with van der Waals surface area (Å²) in [6.45, 7) is 2.54. The van der Waals surface area contributed by atoms with Gasteiger partial charge in [0.2, 0.25) is 0 Å². The summed E-state index contributed by atoms with van der Waals surface area (Å²) >= 11 is 0. The van der Waals surface area contributed by atoms with E-state index in [0.717, 1.165) is 0 Å². The van der Waals surface area contributed by atoms with Crippen LogP contribution in [0.15, 0.2) is 18.2 Å². The summed E-state index contributed by atoms with van der Waals surface area (Å²) < 4.78 is 18.5.